The van der Waals surface area contributed by atoms with Gasteiger partial charge in [0.2, 0.25) is 0 Å². The van der Waals surface area contributed by atoms with E-state index in [9.17, 15) is 0 Å². The normalized spacial score (nSPS) is 16.6. The predicted octanol–water partition coefficient (Wildman–Crippen LogP) is 3.19. The third-order valence-electron chi connectivity index (χ3n) is 3.35. The summed E-state index contributed by atoms with van der Waals surface area (Å²) >= 11 is 1.87. The molecule has 0 radical (unpaired) electrons. The Morgan fingerprint density at radius 3 is 2.67 bits per heavy atom. The molecule has 1 N–H and O–H groups in total. The minimum atomic E-state index is 0.708. The van der Waals surface area contributed by atoms with E-state index in [1.165, 1.54) is 48.1 Å². The number of thiazole rings is 1. The molecule has 0 amide bonds. The maximum atomic E-state index is 4.74. The van der Waals surface area contributed by atoms with E-state index >= 15 is 0 Å². The quantitative estimate of drug-likeness (QED) is 0.888. The molecule has 0 aliphatic carbocycles. The summed E-state index contributed by atoms with van der Waals surface area (Å²) in [6.07, 6.45) is 4.02. The van der Waals surface area contributed by atoms with Crippen LogP contribution in [0.15, 0.2) is 0 Å². The Balaban J connectivity index is 1.93. The van der Waals surface area contributed by atoms with E-state index in [1.54, 1.807) is 0 Å². The van der Waals surface area contributed by atoms with Crippen LogP contribution in [0, 0.1) is 12.8 Å². The summed E-state index contributed by atoms with van der Waals surface area (Å²) in [4.78, 5) is 8.59. The summed E-state index contributed by atoms with van der Waals surface area (Å²) in [5.41, 5.74) is 1.21. The Morgan fingerprint density at radius 2 is 2.00 bits per heavy atom. The summed E-state index contributed by atoms with van der Waals surface area (Å²) in [6, 6.07) is 0. The number of nitrogens with zero attached hydrogens (tertiary/aromatic N) is 2. The molecule has 0 saturated carbocycles. The highest BCUT2D eigenvalue weighted by atomic mass is 32.1. The molecule has 1 aliphatic heterocycles. The van der Waals surface area contributed by atoms with E-state index in [0.717, 1.165) is 13.1 Å². The Bertz CT molecular complexity index is 367. The molecular weight excluding hydrogens is 242 g/mol. The Hall–Kier alpha value is -0.610. The summed E-state index contributed by atoms with van der Waals surface area (Å²) in [5, 5.41) is 4.74. The maximum Gasteiger partial charge on any atom is 0.185 e. The summed E-state index contributed by atoms with van der Waals surface area (Å²) in [5.74, 6) is 0.708. The van der Waals surface area contributed by atoms with Gasteiger partial charge in [0.1, 0.15) is 0 Å². The van der Waals surface area contributed by atoms with Crippen molar-refractivity contribution in [1.29, 1.82) is 0 Å². The molecule has 3 nitrogen and oxygen atoms in total. The van der Waals surface area contributed by atoms with Crippen molar-refractivity contribution in [3.63, 3.8) is 0 Å². The molecule has 0 spiro atoms. The predicted molar refractivity (Wildman–Crippen MR) is 79.5 cm³/mol. The largest absolute Gasteiger partial charge is 0.348 e. The highest BCUT2D eigenvalue weighted by Gasteiger charge is 2.16. The van der Waals surface area contributed by atoms with E-state index in [-0.39, 0.29) is 0 Å². The number of rotatable bonds is 5. The Morgan fingerprint density at radius 1 is 1.28 bits per heavy atom. The van der Waals surface area contributed by atoms with Crippen LogP contribution in [0.2, 0.25) is 0 Å². The fourth-order valence-corrected chi connectivity index (χ4v) is 3.35. The molecular formula is C14H25N3S. The molecule has 0 bridgehead atoms. The van der Waals surface area contributed by atoms with Crippen LogP contribution in [0.4, 0.5) is 5.13 Å². The van der Waals surface area contributed by atoms with Gasteiger partial charge in [-0.15, -0.1) is 11.3 Å². The fourth-order valence-electron chi connectivity index (χ4n) is 2.27. The second-order valence-electron chi connectivity index (χ2n) is 5.58. The van der Waals surface area contributed by atoms with Gasteiger partial charge in [0, 0.05) is 24.5 Å². The molecule has 1 aromatic rings. The lowest BCUT2D eigenvalue weighted by Gasteiger charge is -2.25. The maximum absolute atomic E-state index is 4.74. The molecule has 1 fully saturated rings. The second kappa shape index (κ2) is 6.53. The highest BCUT2D eigenvalue weighted by Crippen LogP contribution is 2.28. The average molecular weight is 267 g/mol. The number of aryl methyl sites for hydroxylation is 1. The average Bonchev–Trinajstić information content (AvgIpc) is 2.72. The zero-order valence-corrected chi connectivity index (χ0v) is 12.6. The first kappa shape index (κ1) is 13.8. The monoisotopic (exact) mass is 267 g/mol. The van der Waals surface area contributed by atoms with Crippen LogP contribution >= 0.6 is 11.3 Å². The molecule has 0 unspecified atom stereocenters. The van der Waals surface area contributed by atoms with Crippen molar-refractivity contribution in [1.82, 2.24) is 10.3 Å². The highest BCUT2D eigenvalue weighted by molar-refractivity contribution is 7.15. The van der Waals surface area contributed by atoms with Gasteiger partial charge in [-0.25, -0.2) is 4.98 Å². The van der Waals surface area contributed by atoms with Crippen molar-refractivity contribution in [2.24, 2.45) is 5.92 Å². The van der Waals surface area contributed by atoms with E-state index in [4.69, 9.17) is 4.98 Å². The molecule has 4 heteroatoms. The summed E-state index contributed by atoms with van der Waals surface area (Å²) in [7, 11) is 0. The molecule has 0 atom stereocenters. The summed E-state index contributed by atoms with van der Waals surface area (Å²) in [6.45, 7) is 11.0. The molecule has 1 aliphatic rings. The molecule has 102 valence electrons. The van der Waals surface area contributed by atoms with E-state index in [2.05, 4.69) is 31.0 Å². The standard InChI is InChI=1S/C14H25N3S/c1-11(2)9-15-10-13-12(3)16-14(18-13)17-7-5-4-6-8-17/h11,15H,4-10H2,1-3H3. The number of nitrogens with one attached hydrogen (secondary N) is 1. The van der Waals surface area contributed by atoms with Gasteiger partial charge in [-0.1, -0.05) is 13.8 Å². The Labute approximate surface area is 115 Å². The molecule has 18 heavy (non-hydrogen) atoms. The number of piperidine rings is 1. The van der Waals surface area contributed by atoms with E-state index < -0.39 is 0 Å². The second-order valence-corrected chi connectivity index (χ2v) is 6.64. The first-order valence-electron chi connectivity index (χ1n) is 7.09. The smallest absolute Gasteiger partial charge is 0.185 e. The lowest BCUT2D eigenvalue weighted by Crippen LogP contribution is -2.29. The van der Waals surface area contributed by atoms with Crippen LogP contribution in [-0.2, 0) is 6.54 Å². The van der Waals surface area contributed by atoms with Gasteiger partial charge in [0.05, 0.1) is 5.69 Å². The van der Waals surface area contributed by atoms with Crippen molar-refractivity contribution >= 4 is 16.5 Å². The lowest BCUT2D eigenvalue weighted by molar-refractivity contribution is 0.554. The first-order valence-corrected chi connectivity index (χ1v) is 7.90. The van der Waals surface area contributed by atoms with Crippen LogP contribution in [0.5, 0.6) is 0 Å². The molecule has 1 aromatic heterocycles. The van der Waals surface area contributed by atoms with Gasteiger partial charge >= 0.3 is 0 Å². The number of aromatic nitrogens is 1. The van der Waals surface area contributed by atoms with Gasteiger partial charge in [-0.3, -0.25) is 0 Å². The van der Waals surface area contributed by atoms with Gasteiger partial charge in [-0.05, 0) is 38.6 Å². The number of hydrogen-bond donors (Lipinski definition) is 1. The number of hydrogen-bond acceptors (Lipinski definition) is 4. The summed E-state index contributed by atoms with van der Waals surface area (Å²) < 4.78 is 0. The van der Waals surface area contributed by atoms with Crippen LogP contribution < -0.4 is 10.2 Å². The minimum absolute atomic E-state index is 0.708. The van der Waals surface area contributed by atoms with Gasteiger partial charge in [-0.2, -0.15) is 0 Å². The van der Waals surface area contributed by atoms with Gasteiger partial charge in [0.15, 0.2) is 5.13 Å². The minimum Gasteiger partial charge on any atom is -0.348 e. The molecule has 2 heterocycles. The van der Waals surface area contributed by atoms with Crippen LogP contribution in [-0.4, -0.2) is 24.6 Å². The molecule has 1 saturated heterocycles. The van der Waals surface area contributed by atoms with Crippen molar-refractivity contribution in [3.05, 3.63) is 10.6 Å². The first-order chi connectivity index (χ1) is 8.66. The molecule has 2 rings (SSSR count). The zero-order chi connectivity index (χ0) is 13.0. The number of anilines is 1. The van der Waals surface area contributed by atoms with Crippen molar-refractivity contribution < 1.29 is 0 Å². The third-order valence-corrected chi connectivity index (χ3v) is 4.56. The zero-order valence-electron chi connectivity index (χ0n) is 11.8. The van der Waals surface area contributed by atoms with Crippen LogP contribution in [0.25, 0.3) is 0 Å². The van der Waals surface area contributed by atoms with Crippen molar-refractivity contribution in [3.8, 4) is 0 Å². The van der Waals surface area contributed by atoms with Crippen molar-refractivity contribution in [2.75, 3.05) is 24.5 Å². The van der Waals surface area contributed by atoms with Crippen LogP contribution in [0.3, 0.4) is 0 Å². The topological polar surface area (TPSA) is 28.2 Å². The SMILES string of the molecule is Cc1nc(N2CCCCC2)sc1CNCC(C)C. The van der Waals surface area contributed by atoms with Crippen molar-refractivity contribution in [2.45, 2.75) is 46.6 Å². The van der Waals surface area contributed by atoms with Gasteiger partial charge in [0.25, 0.3) is 0 Å². The van der Waals surface area contributed by atoms with E-state index in [0.29, 0.717) is 5.92 Å². The Kier molecular flexibility index (Phi) is 5.01. The fraction of sp³-hybridized carbons (Fsp3) is 0.786. The third kappa shape index (κ3) is 3.69. The lowest BCUT2D eigenvalue weighted by atomic mass is 10.1. The molecule has 0 aromatic carbocycles. The van der Waals surface area contributed by atoms with Crippen LogP contribution in [0.1, 0.15) is 43.7 Å². The van der Waals surface area contributed by atoms with Gasteiger partial charge < -0.3 is 10.2 Å². The van der Waals surface area contributed by atoms with E-state index in [1.807, 2.05) is 11.3 Å².